The van der Waals surface area contributed by atoms with Crippen molar-refractivity contribution < 1.29 is 0 Å². The van der Waals surface area contributed by atoms with E-state index in [1.165, 1.54) is 18.6 Å². The Morgan fingerprint density at radius 2 is 2.44 bits per heavy atom. The number of thioether (sulfide) groups is 1. The highest BCUT2D eigenvalue weighted by Crippen LogP contribution is 2.26. The molecule has 1 aromatic heterocycles. The zero-order valence-electron chi connectivity index (χ0n) is 9.57. The molecule has 1 atom stereocenters. The molecule has 88 valence electrons. The maximum absolute atomic E-state index is 4.38. The van der Waals surface area contributed by atoms with Crippen molar-refractivity contribution in [1.82, 2.24) is 9.97 Å². The number of rotatable bonds is 5. The molecule has 0 saturated carbocycles. The second kappa shape index (κ2) is 5.94. The Morgan fingerprint density at radius 1 is 1.50 bits per heavy atom. The van der Waals surface area contributed by atoms with Gasteiger partial charge in [0, 0.05) is 24.5 Å². The fourth-order valence-electron chi connectivity index (χ4n) is 1.72. The molecule has 2 rings (SSSR count). The van der Waals surface area contributed by atoms with Crippen molar-refractivity contribution in [3.8, 4) is 0 Å². The Balaban J connectivity index is 1.85. The molecule has 1 aromatic rings. The van der Waals surface area contributed by atoms with E-state index in [1.54, 1.807) is 6.20 Å². The maximum Gasteiger partial charge on any atom is 0.224 e. The van der Waals surface area contributed by atoms with Gasteiger partial charge in [-0.15, -0.1) is 0 Å². The van der Waals surface area contributed by atoms with Gasteiger partial charge in [-0.25, -0.2) is 4.98 Å². The molecule has 2 N–H and O–H groups in total. The van der Waals surface area contributed by atoms with Gasteiger partial charge in [0.15, 0.2) is 0 Å². The molecule has 1 unspecified atom stereocenters. The fourth-order valence-corrected chi connectivity index (χ4v) is 2.93. The normalized spacial score (nSPS) is 19.7. The van der Waals surface area contributed by atoms with Crippen molar-refractivity contribution in [1.29, 1.82) is 0 Å². The molecule has 16 heavy (non-hydrogen) atoms. The van der Waals surface area contributed by atoms with E-state index < -0.39 is 0 Å². The topological polar surface area (TPSA) is 49.8 Å². The highest BCUT2D eigenvalue weighted by atomic mass is 32.2. The van der Waals surface area contributed by atoms with E-state index in [4.69, 9.17) is 0 Å². The van der Waals surface area contributed by atoms with E-state index in [1.807, 2.05) is 13.0 Å². The molecule has 0 radical (unpaired) electrons. The van der Waals surface area contributed by atoms with E-state index in [-0.39, 0.29) is 0 Å². The summed E-state index contributed by atoms with van der Waals surface area (Å²) in [7, 11) is 0. The van der Waals surface area contributed by atoms with Crippen LogP contribution < -0.4 is 10.6 Å². The average molecular weight is 238 g/mol. The summed E-state index contributed by atoms with van der Waals surface area (Å²) < 4.78 is 0. The smallest absolute Gasteiger partial charge is 0.224 e. The zero-order chi connectivity index (χ0) is 11.2. The second-order valence-corrected chi connectivity index (χ2v) is 5.22. The van der Waals surface area contributed by atoms with Crippen LogP contribution >= 0.6 is 11.8 Å². The summed E-state index contributed by atoms with van der Waals surface area (Å²) in [5, 5.41) is 7.23. The number of nitrogens with zero attached hydrogens (tertiary/aromatic N) is 2. The van der Waals surface area contributed by atoms with Crippen LogP contribution in [-0.2, 0) is 0 Å². The van der Waals surface area contributed by atoms with Crippen molar-refractivity contribution in [2.45, 2.75) is 25.0 Å². The summed E-state index contributed by atoms with van der Waals surface area (Å²) in [5.74, 6) is 2.92. The summed E-state index contributed by atoms with van der Waals surface area (Å²) in [5.41, 5.74) is 0. The van der Waals surface area contributed by atoms with Crippen molar-refractivity contribution in [2.24, 2.45) is 0 Å². The van der Waals surface area contributed by atoms with Gasteiger partial charge in [-0.1, -0.05) is 0 Å². The number of aromatic nitrogens is 2. The van der Waals surface area contributed by atoms with Gasteiger partial charge in [-0.05, 0) is 31.6 Å². The molecule has 5 heteroatoms. The summed E-state index contributed by atoms with van der Waals surface area (Å²) in [4.78, 5) is 8.52. The standard InChI is InChI=1S/C11H18N4S/c1-2-12-11-13-6-5-10(15-11)14-8-9-4-3-7-16-9/h5-6,9H,2-4,7-8H2,1H3,(H2,12,13,14,15). The Labute approximate surface area is 101 Å². The number of hydrogen-bond donors (Lipinski definition) is 2. The Hall–Kier alpha value is -0.970. The van der Waals surface area contributed by atoms with E-state index in [9.17, 15) is 0 Å². The number of anilines is 2. The van der Waals surface area contributed by atoms with Crippen LogP contribution in [0.15, 0.2) is 12.3 Å². The minimum Gasteiger partial charge on any atom is -0.369 e. The van der Waals surface area contributed by atoms with Crippen LogP contribution in [0, 0.1) is 0 Å². The molecule has 0 spiro atoms. The number of hydrogen-bond acceptors (Lipinski definition) is 5. The van der Waals surface area contributed by atoms with Crippen LogP contribution in [0.2, 0.25) is 0 Å². The molecule has 4 nitrogen and oxygen atoms in total. The van der Waals surface area contributed by atoms with Crippen LogP contribution in [0.1, 0.15) is 19.8 Å². The minimum atomic E-state index is 0.701. The van der Waals surface area contributed by atoms with Crippen LogP contribution in [-0.4, -0.2) is 34.1 Å². The van der Waals surface area contributed by atoms with Crippen molar-refractivity contribution >= 4 is 23.5 Å². The quantitative estimate of drug-likeness (QED) is 0.823. The molecule has 0 amide bonds. The predicted octanol–water partition coefficient (Wildman–Crippen LogP) is 2.22. The lowest BCUT2D eigenvalue weighted by molar-refractivity contribution is 0.803. The first-order valence-electron chi connectivity index (χ1n) is 5.81. The predicted molar refractivity (Wildman–Crippen MR) is 70.2 cm³/mol. The molecule has 1 aliphatic rings. The van der Waals surface area contributed by atoms with E-state index in [0.29, 0.717) is 5.95 Å². The fraction of sp³-hybridized carbons (Fsp3) is 0.636. The van der Waals surface area contributed by atoms with E-state index >= 15 is 0 Å². The zero-order valence-corrected chi connectivity index (χ0v) is 10.4. The average Bonchev–Trinajstić information content (AvgIpc) is 2.80. The second-order valence-electron chi connectivity index (χ2n) is 3.81. The van der Waals surface area contributed by atoms with Gasteiger partial charge < -0.3 is 10.6 Å². The Kier molecular flexibility index (Phi) is 4.27. The molecule has 1 saturated heterocycles. The van der Waals surface area contributed by atoms with Gasteiger partial charge in [-0.3, -0.25) is 0 Å². The first-order chi connectivity index (χ1) is 7.88. The maximum atomic E-state index is 4.38. The first-order valence-corrected chi connectivity index (χ1v) is 6.85. The Bertz CT molecular complexity index is 326. The van der Waals surface area contributed by atoms with Crippen LogP contribution in [0.3, 0.4) is 0 Å². The van der Waals surface area contributed by atoms with Gasteiger partial charge in [0.25, 0.3) is 0 Å². The van der Waals surface area contributed by atoms with Crippen molar-refractivity contribution in [2.75, 3.05) is 29.5 Å². The minimum absolute atomic E-state index is 0.701. The monoisotopic (exact) mass is 238 g/mol. The molecular weight excluding hydrogens is 220 g/mol. The van der Waals surface area contributed by atoms with E-state index in [0.717, 1.165) is 24.2 Å². The first kappa shape index (κ1) is 11.5. The lowest BCUT2D eigenvalue weighted by atomic mass is 10.2. The largest absolute Gasteiger partial charge is 0.369 e. The molecule has 0 aliphatic carbocycles. The molecule has 0 bridgehead atoms. The molecule has 2 heterocycles. The molecule has 0 aromatic carbocycles. The van der Waals surface area contributed by atoms with Crippen LogP contribution in [0.25, 0.3) is 0 Å². The number of nitrogens with one attached hydrogen (secondary N) is 2. The SMILES string of the molecule is CCNc1nccc(NCC2CCCS2)n1. The van der Waals surface area contributed by atoms with Gasteiger partial charge in [0.05, 0.1) is 0 Å². The van der Waals surface area contributed by atoms with Gasteiger partial charge in [0.1, 0.15) is 5.82 Å². The Morgan fingerprint density at radius 3 is 3.19 bits per heavy atom. The van der Waals surface area contributed by atoms with Gasteiger partial charge in [0.2, 0.25) is 5.95 Å². The summed E-state index contributed by atoms with van der Waals surface area (Å²) >= 11 is 2.05. The lowest BCUT2D eigenvalue weighted by Crippen LogP contribution is -2.15. The third-order valence-corrected chi connectivity index (χ3v) is 3.92. The molecular formula is C11H18N4S. The molecule has 1 aliphatic heterocycles. The van der Waals surface area contributed by atoms with Gasteiger partial charge in [-0.2, -0.15) is 16.7 Å². The lowest BCUT2D eigenvalue weighted by Gasteiger charge is -2.11. The van der Waals surface area contributed by atoms with Gasteiger partial charge >= 0.3 is 0 Å². The summed E-state index contributed by atoms with van der Waals surface area (Å²) in [6.07, 6.45) is 4.46. The van der Waals surface area contributed by atoms with Crippen LogP contribution in [0.4, 0.5) is 11.8 Å². The third-order valence-electron chi connectivity index (χ3n) is 2.53. The highest BCUT2D eigenvalue weighted by Gasteiger charge is 2.15. The summed E-state index contributed by atoms with van der Waals surface area (Å²) in [6.45, 7) is 3.90. The third kappa shape index (κ3) is 3.27. The summed E-state index contributed by atoms with van der Waals surface area (Å²) in [6, 6.07) is 1.92. The highest BCUT2D eigenvalue weighted by molar-refractivity contribution is 8.00. The molecule has 1 fully saturated rings. The van der Waals surface area contributed by atoms with Crippen LogP contribution in [0.5, 0.6) is 0 Å². The van der Waals surface area contributed by atoms with E-state index in [2.05, 4.69) is 32.4 Å². The van der Waals surface area contributed by atoms with Crippen molar-refractivity contribution in [3.63, 3.8) is 0 Å². The van der Waals surface area contributed by atoms with Crippen molar-refractivity contribution in [3.05, 3.63) is 12.3 Å².